The number of rotatable bonds is 11. The van der Waals surface area contributed by atoms with Gasteiger partial charge in [-0.25, -0.2) is 0 Å². The van der Waals surface area contributed by atoms with Gasteiger partial charge in [0.05, 0.1) is 19.8 Å². The second-order valence-corrected chi connectivity index (χ2v) is 5.89. The molecule has 0 aliphatic rings. The molecular formula is C12H25NO4S2. The Kier molecular flexibility index (Phi) is 10.8. The third kappa shape index (κ3) is 8.04. The van der Waals surface area contributed by atoms with Gasteiger partial charge in [0.25, 0.3) is 0 Å². The van der Waals surface area contributed by atoms with E-state index >= 15 is 0 Å². The first-order valence-electron chi connectivity index (χ1n) is 6.46. The fourth-order valence-corrected chi connectivity index (χ4v) is 2.41. The number of hydrogen-bond donors (Lipinski definition) is 6. The third-order valence-corrected chi connectivity index (χ3v) is 3.74. The van der Waals surface area contributed by atoms with E-state index in [1.165, 1.54) is 0 Å². The Morgan fingerprint density at radius 1 is 1.11 bits per heavy atom. The topological polar surface area (TPSA) is 89.8 Å². The number of amides is 1. The van der Waals surface area contributed by atoms with Gasteiger partial charge in [0.15, 0.2) is 0 Å². The first kappa shape index (κ1) is 19.1. The van der Waals surface area contributed by atoms with E-state index in [1.54, 1.807) is 0 Å². The Morgan fingerprint density at radius 2 is 1.68 bits per heavy atom. The molecule has 19 heavy (non-hydrogen) atoms. The number of aliphatic hydroxyl groups excluding tert-OH is 3. The highest BCUT2D eigenvalue weighted by Crippen LogP contribution is 2.13. The summed E-state index contributed by atoms with van der Waals surface area (Å²) in [6.07, 6.45) is 3.79. The molecule has 114 valence electrons. The standard InChI is InChI=1S/C12H25NO4S2/c14-7-12(8-15,9-16)13-11(17)4-2-1-3-10(19)5-6-18/h10,14-16,18-19H,1-9H2,(H,13,17). The SMILES string of the molecule is O=C(CCCCC(S)CCS)NC(CO)(CO)CO. The monoisotopic (exact) mass is 311 g/mol. The minimum absolute atomic E-state index is 0.276. The number of thiol groups is 2. The van der Waals surface area contributed by atoms with Crippen molar-refractivity contribution in [3.8, 4) is 0 Å². The van der Waals surface area contributed by atoms with Crippen molar-refractivity contribution in [3.05, 3.63) is 0 Å². The summed E-state index contributed by atoms with van der Waals surface area (Å²) in [4.78, 5) is 11.6. The lowest BCUT2D eigenvalue weighted by molar-refractivity contribution is -0.125. The molecule has 0 saturated carbocycles. The van der Waals surface area contributed by atoms with Crippen molar-refractivity contribution in [1.82, 2.24) is 5.32 Å². The van der Waals surface area contributed by atoms with Crippen LogP contribution < -0.4 is 5.32 Å². The zero-order chi connectivity index (χ0) is 14.7. The molecule has 0 spiro atoms. The molecule has 0 heterocycles. The van der Waals surface area contributed by atoms with Gasteiger partial charge in [-0.2, -0.15) is 25.3 Å². The minimum atomic E-state index is -1.32. The summed E-state index contributed by atoms with van der Waals surface area (Å²) in [5.41, 5.74) is -1.32. The highest BCUT2D eigenvalue weighted by atomic mass is 32.1. The van der Waals surface area contributed by atoms with Crippen LogP contribution in [0.3, 0.4) is 0 Å². The van der Waals surface area contributed by atoms with Crippen LogP contribution in [-0.2, 0) is 4.79 Å². The van der Waals surface area contributed by atoms with Gasteiger partial charge in [-0.3, -0.25) is 4.79 Å². The molecule has 4 N–H and O–H groups in total. The van der Waals surface area contributed by atoms with Crippen molar-refractivity contribution in [2.24, 2.45) is 0 Å². The molecular weight excluding hydrogens is 286 g/mol. The zero-order valence-electron chi connectivity index (χ0n) is 11.1. The molecule has 0 rings (SSSR count). The van der Waals surface area contributed by atoms with Gasteiger partial charge >= 0.3 is 0 Å². The van der Waals surface area contributed by atoms with E-state index in [0.29, 0.717) is 18.1 Å². The Labute approximate surface area is 125 Å². The van der Waals surface area contributed by atoms with Crippen LogP contribution in [-0.4, -0.2) is 57.6 Å². The number of nitrogens with one attached hydrogen (secondary N) is 1. The summed E-state index contributed by atoms with van der Waals surface area (Å²) in [5, 5.41) is 30.0. The van der Waals surface area contributed by atoms with E-state index in [2.05, 4.69) is 30.6 Å². The van der Waals surface area contributed by atoms with Crippen LogP contribution in [0.15, 0.2) is 0 Å². The van der Waals surface area contributed by atoms with Crippen LogP contribution in [0, 0.1) is 0 Å². The molecule has 0 aromatic rings. The molecule has 0 radical (unpaired) electrons. The second kappa shape index (κ2) is 10.8. The molecule has 0 aliphatic carbocycles. The number of unbranched alkanes of at least 4 members (excludes halogenated alkanes) is 1. The summed E-state index contributed by atoms with van der Waals surface area (Å²) >= 11 is 8.53. The van der Waals surface area contributed by atoms with Crippen molar-refractivity contribution in [3.63, 3.8) is 0 Å². The number of carbonyl (C=O) groups excluding carboxylic acids is 1. The smallest absolute Gasteiger partial charge is 0.220 e. The fourth-order valence-electron chi connectivity index (χ4n) is 1.59. The summed E-state index contributed by atoms with van der Waals surface area (Å²) in [5.74, 6) is 0.530. The molecule has 0 aliphatic heterocycles. The van der Waals surface area contributed by atoms with E-state index in [1.807, 2.05) is 0 Å². The molecule has 0 bridgehead atoms. The first-order valence-corrected chi connectivity index (χ1v) is 7.61. The van der Waals surface area contributed by atoms with Gasteiger partial charge in [0.1, 0.15) is 5.54 Å². The van der Waals surface area contributed by atoms with E-state index in [4.69, 9.17) is 15.3 Å². The first-order chi connectivity index (χ1) is 9.03. The van der Waals surface area contributed by atoms with Crippen molar-refractivity contribution in [1.29, 1.82) is 0 Å². The maximum Gasteiger partial charge on any atom is 0.220 e. The van der Waals surface area contributed by atoms with E-state index in [0.717, 1.165) is 25.0 Å². The van der Waals surface area contributed by atoms with Gasteiger partial charge in [-0.05, 0) is 25.0 Å². The second-order valence-electron chi connectivity index (χ2n) is 4.71. The van der Waals surface area contributed by atoms with Crippen LogP contribution >= 0.6 is 25.3 Å². The van der Waals surface area contributed by atoms with E-state index in [9.17, 15) is 4.79 Å². The third-order valence-electron chi connectivity index (χ3n) is 2.97. The molecule has 1 atom stereocenters. The maximum absolute atomic E-state index is 11.6. The fraction of sp³-hybridized carbons (Fsp3) is 0.917. The molecule has 0 aromatic heterocycles. The highest BCUT2D eigenvalue weighted by Gasteiger charge is 2.29. The Balaban J connectivity index is 3.86. The summed E-state index contributed by atoms with van der Waals surface area (Å²) in [6, 6.07) is 0. The molecule has 7 heteroatoms. The normalized spacial score (nSPS) is 13.3. The van der Waals surface area contributed by atoms with E-state index in [-0.39, 0.29) is 5.91 Å². The predicted octanol–water partition coefficient (Wildman–Crippen LogP) is -0.00300. The number of carbonyl (C=O) groups is 1. The van der Waals surface area contributed by atoms with Gasteiger partial charge in [-0.15, -0.1) is 0 Å². The Bertz CT molecular complexity index is 242. The highest BCUT2D eigenvalue weighted by molar-refractivity contribution is 7.81. The number of hydrogen-bond acceptors (Lipinski definition) is 6. The average Bonchev–Trinajstić information content (AvgIpc) is 2.41. The van der Waals surface area contributed by atoms with Crippen LogP contribution in [0.5, 0.6) is 0 Å². The minimum Gasteiger partial charge on any atom is -0.394 e. The van der Waals surface area contributed by atoms with Crippen LogP contribution in [0.1, 0.15) is 32.1 Å². The lowest BCUT2D eigenvalue weighted by Gasteiger charge is -2.28. The van der Waals surface area contributed by atoms with Gasteiger partial charge < -0.3 is 20.6 Å². The molecule has 0 aromatic carbocycles. The van der Waals surface area contributed by atoms with Crippen molar-refractivity contribution in [2.75, 3.05) is 25.6 Å². The molecule has 0 fully saturated rings. The Hall–Kier alpha value is 0.0500. The van der Waals surface area contributed by atoms with E-state index < -0.39 is 25.4 Å². The van der Waals surface area contributed by atoms with Crippen molar-refractivity contribution >= 4 is 31.2 Å². The van der Waals surface area contributed by atoms with Gasteiger partial charge in [0.2, 0.25) is 5.91 Å². The van der Waals surface area contributed by atoms with Gasteiger partial charge in [-0.1, -0.05) is 6.42 Å². The zero-order valence-corrected chi connectivity index (χ0v) is 12.9. The lowest BCUT2D eigenvalue weighted by Crippen LogP contribution is -2.57. The molecule has 0 saturated heterocycles. The lowest BCUT2D eigenvalue weighted by atomic mass is 10.0. The van der Waals surface area contributed by atoms with Crippen molar-refractivity contribution < 1.29 is 20.1 Å². The molecule has 1 amide bonds. The van der Waals surface area contributed by atoms with Crippen molar-refractivity contribution in [2.45, 2.75) is 42.9 Å². The van der Waals surface area contributed by atoms with Gasteiger partial charge in [0, 0.05) is 11.7 Å². The van der Waals surface area contributed by atoms with Crippen LogP contribution in [0.25, 0.3) is 0 Å². The molecule has 5 nitrogen and oxygen atoms in total. The maximum atomic E-state index is 11.6. The summed E-state index contributed by atoms with van der Waals surface area (Å²) in [7, 11) is 0. The number of aliphatic hydroxyl groups is 3. The molecule has 1 unspecified atom stereocenters. The summed E-state index contributed by atoms with van der Waals surface area (Å²) in [6.45, 7) is -1.48. The predicted molar refractivity (Wildman–Crippen MR) is 81.8 cm³/mol. The quantitative estimate of drug-likeness (QED) is 0.239. The average molecular weight is 311 g/mol. The summed E-state index contributed by atoms with van der Waals surface area (Å²) < 4.78 is 0. The largest absolute Gasteiger partial charge is 0.394 e. The van der Waals surface area contributed by atoms with Crippen LogP contribution in [0.2, 0.25) is 0 Å². The van der Waals surface area contributed by atoms with Crippen LogP contribution in [0.4, 0.5) is 0 Å². The Morgan fingerprint density at radius 3 is 2.16 bits per heavy atom.